The van der Waals surface area contributed by atoms with E-state index >= 15 is 0 Å². The molecule has 16 nitrogen and oxygen atoms in total. The molecule has 2 heterocycles. The summed E-state index contributed by atoms with van der Waals surface area (Å²) in [5, 5.41) is 0.587. The molecule has 6 N–H and O–H groups in total. The molecular weight excluding hydrogens is 970 g/mol. The maximum atomic E-state index is 13.1. The maximum Gasteiger partial charge on any atom is 0.269 e. The SMILES string of the molecule is C[C@@H]1CN(Cc2ccc(F)cc2)[C@@H](C)CN1C(=O)COc1ccc(Cl)cc1CS(=O)(=O)O.C[C@@H]1CN(Cc2ccc(F)cc2)[C@@H](C)CN1C(=O)COc1ccc(Cl)cc1CS(=O)(=O)O.NCCN. The highest BCUT2D eigenvalue weighted by molar-refractivity contribution is 7.85. The average molecular weight is 1030 g/mol. The van der Waals surface area contributed by atoms with Crippen LogP contribution in [-0.2, 0) is 54.4 Å². The van der Waals surface area contributed by atoms with E-state index in [-0.39, 0.29) is 83.5 Å². The summed E-state index contributed by atoms with van der Waals surface area (Å²) in [6.07, 6.45) is 0. The highest BCUT2D eigenvalue weighted by Crippen LogP contribution is 2.27. The third kappa shape index (κ3) is 18.4. The average Bonchev–Trinajstić information content (AvgIpc) is 3.26. The monoisotopic (exact) mass is 1030 g/mol. The first-order chi connectivity index (χ1) is 31.9. The Morgan fingerprint density at radius 3 is 1.24 bits per heavy atom. The van der Waals surface area contributed by atoms with E-state index < -0.39 is 31.7 Å². The van der Waals surface area contributed by atoms with Crippen LogP contribution in [0.15, 0.2) is 84.9 Å². The summed E-state index contributed by atoms with van der Waals surface area (Å²) in [5.74, 6) is -1.96. The highest BCUT2D eigenvalue weighted by Gasteiger charge is 2.34. The van der Waals surface area contributed by atoms with Gasteiger partial charge in [-0.2, -0.15) is 16.8 Å². The Morgan fingerprint density at radius 1 is 0.588 bits per heavy atom. The van der Waals surface area contributed by atoms with Crippen molar-refractivity contribution in [2.75, 3.05) is 52.5 Å². The van der Waals surface area contributed by atoms with Gasteiger partial charge in [-0.3, -0.25) is 28.5 Å². The van der Waals surface area contributed by atoms with Gasteiger partial charge in [-0.15, -0.1) is 0 Å². The minimum atomic E-state index is -4.29. The van der Waals surface area contributed by atoms with Crippen LogP contribution < -0.4 is 20.9 Å². The third-order valence-corrected chi connectivity index (χ3v) is 12.9. The molecule has 2 aliphatic rings. The number of hydrogen-bond donors (Lipinski definition) is 4. The molecule has 0 spiro atoms. The number of carbonyl (C=O) groups is 2. The fourth-order valence-corrected chi connectivity index (χ4v) is 9.25. The van der Waals surface area contributed by atoms with Crippen molar-refractivity contribution in [2.24, 2.45) is 11.5 Å². The van der Waals surface area contributed by atoms with Crippen LogP contribution in [0, 0.1) is 11.6 Å². The largest absolute Gasteiger partial charge is 0.483 e. The Morgan fingerprint density at radius 2 is 0.926 bits per heavy atom. The summed E-state index contributed by atoms with van der Waals surface area (Å²) in [5.41, 5.74) is 12.2. The van der Waals surface area contributed by atoms with Gasteiger partial charge in [0, 0.05) is 97.7 Å². The summed E-state index contributed by atoms with van der Waals surface area (Å²) in [7, 11) is -8.57. The molecule has 2 amide bonds. The molecule has 0 aromatic heterocycles. The first kappa shape index (κ1) is 56.1. The molecular formula is C46H60Cl2F2N6O10S2. The molecule has 0 unspecified atom stereocenters. The van der Waals surface area contributed by atoms with Crippen molar-refractivity contribution >= 4 is 55.3 Å². The van der Waals surface area contributed by atoms with Gasteiger partial charge in [0.2, 0.25) is 0 Å². The normalized spacial score (nSPS) is 19.0. The Hall–Kier alpha value is -4.48. The zero-order valence-corrected chi connectivity index (χ0v) is 41.5. The number of rotatable bonds is 15. The summed E-state index contributed by atoms with van der Waals surface area (Å²) in [6.45, 7) is 12.2. The topological polar surface area (TPSA) is 226 Å². The summed E-state index contributed by atoms with van der Waals surface area (Å²) in [4.78, 5) is 33.6. The zero-order chi connectivity index (χ0) is 50.3. The highest BCUT2D eigenvalue weighted by atomic mass is 35.5. The van der Waals surface area contributed by atoms with Crippen LogP contribution in [0.2, 0.25) is 10.0 Å². The first-order valence-electron chi connectivity index (χ1n) is 21.6. The third-order valence-electron chi connectivity index (χ3n) is 11.1. The molecule has 0 saturated carbocycles. The number of hydrogen-bond acceptors (Lipinski definition) is 12. The van der Waals surface area contributed by atoms with Gasteiger partial charge in [0.1, 0.15) is 34.6 Å². The number of piperazine rings is 2. The van der Waals surface area contributed by atoms with Gasteiger partial charge in [0.05, 0.1) is 0 Å². The lowest BCUT2D eigenvalue weighted by atomic mass is 10.1. The number of carbonyl (C=O) groups excluding carboxylic acids is 2. The van der Waals surface area contributed by atoms with E-state index in [2.05, 4.69) is 9.80 Å². The van der Waals surface area contributed by atoms with Crippen molar-refractivity contribution in [3.05, 3.63) is 129 Å². The van der Waals surface area contributed by atoms with Gasteiger partial charge in [-0.05, 0) is 99.5 Å². The number of ether oxygens (including phenoxy) is 2. The van der Waals surface area contributed by atoms with Crippen molar-refractivity contribution in [3.63, 3.8) is 0 Å². The second-order valence-corrected chi connectivity index (χ2v) is 20.5. The standard InChI is InChI=1S/2C22H26ClFN2O5S.C2H8N2/c2*1-15-11-26(16(2)10-25(15)12-17-3-6-20(24)7-4-17)22(27)13-31-21-8-5-19(23)9-18(21)14-32(28,29)30;3-1-2-4/h2*3-9,15-16H,10-14H2,1-2H3,(H,28,29,30);1-4H2/t2*15-,16+;/m00./s1. The van der Waals surface area contributed by atoms with Gasteiger partial charge in [-0.25, -0.2) is 8.78 Å². The van der Waals surface area contributed by atoms with Crippen LogP contribution >= 0.6 is 23.2 Å². The zero-order valence-electron chi connectivity index (χ0n) is 38.3. The summed E-state index contributed by atoms with van der Waals surface area (Å²) >= 11 is 11.8. The van der Waals surface area contributed by atoms with Crippen molar-refractivity contribution in [1.29, 1.82) is 0 Å². The van der Waals surface area contributed by atoms with Crippen molar-refractivity contribution in [1.82, 2.24) is 19.6 Å². The smallest absolute Gasteiger partial charge is 0.269 e. The lowest BCUT2D eigenvalue weighted by Gasteiger charge is -2.44. The molecule has 4 aromatic rings. The number of nitrogens with two attached hydrogens (primary N) is 2. The molecule has 4 aromatic carbocycles. The summed E-state index contributed by atoms with van der Waals surface area (Å²) < 4.78 is 101. The Labute approximate surface area is 407 Å². The van der Waals surface area contributed by atoms with Gasteiger partial charge in [-0.1, -0.05) is 47.5 Å². The summed E-state index contributed by atoms with van der Waals surface area (Å²) in [6, 6.07) is 21.6. The molecule has 2 saturated heterocycles. The number of nitrogens with zero attached hydrogens (tertiary/aromatic N) is 4. The van der Waals surface area contributed by atoms with E-state index in [1.165, 1.54) is 60.7 Å². The van der Waals surface area contributed by atoms with Crippen LogP contribution in [0.1, 0.15) is 49.9 Å². The second kappa shape index (κ2) is 25.9. The van der Waals surface area contributed by atoms with E-state index in [4.69, 9.17) is 53.2 Å². The van der Waals surface area contributed by atoms with E-state index in [1.54, 1.807) is 34.1 Å². The van der Waals surface area contributed by atoms with E-state index in [9.17, 15) is 35.2 Å². The minimum Gasteiger partial charge on any atom is -0.483 e. The van der Waals surface area contributed by atoms with Gasteiger partial charge in [0.25, 0.3) is 32.1 Å². The van der Waals surface area contributed by atoms with Crippen LogP contribution in [0.3, 0.4) is 0 Å². The Kier molecular flexibility index (Phi) is 21.4. The fourth-order valence-electron chi connectivity index (χ4n) is 7.62. The van der Waals surface area contributed by atoms with E-state index in [0.29, 0.717) is 62.4 Å². The van der Waals surface area contributed by atoms with Gasteiger partial charge in [0.15, 0.2) is 13.2 Å². The van der Waals surface area contributed by atoms with Crippen molar-refractivity contribution in [3.8, 4) is 11.5 Å². The quantitative estimate of drug-likeness (QED) is 0.106. The molecule has 22 heteroatoms. The van der Waals surface area contributed by atoms with Crippen LogP contribution in [0.4, 0.5) is 8.78 Å². The lowest BCUT2D eigenvalue weighted by molar-refractivity contribution is -0.140. The van der Waals surface area contributed by atoms with Crippen molar-refractivity contribution in [2.45, 2.75) is 76.5 Å². The number of amides is 2. The first-order valence-corrected chi connectivity index (χ1v) is 25.6. The predicted octanol–water partition coefficient (Wildman–Crippen LogP) is 5.64. The molecule has 4 atom stereocenters. The fraction of sp³-hybridized carbons (Fsp3) is 0.435. The molecule has 0 radical (unpaired) electrons. The predicted molar refractivity (Wildman–Crippen MR) is 257 cm³/mol. The molecule has 0 bridgehead atoms. The maximum absolute atomic E-state index is 13.1. The number of benzene rings is 4. The lowest BCUT2D eigenvalue weighted by Crippen LogP contribution is -2.58. The molecule has 2 fully saturated rings. The Bertz CT molecular complexity index is 2340. The van der Waals surface area contributed by atoms with E-state index in [1.807, 2.05) is 27.7 Å². The van der Waals surface area contributed by atoms with Gasteiger partial charge < -0.3 is 30.7 Å². The minimum absolute atomic E-state index is 0.0646. The molecule has 374 valence electrons. The number of halogens is 4. The Balaban J connectivity index is 0.000000275. The molecule has 2 aliphatic heterocycles. The molecule has 0 aliphatic carbocycles. The van der Waals surface area contributed by atoms with Crippen LogP contribution in [0.5, 0.6) is 11.5 Å². The second-order valence-electron chi connectivity index (χ2n) is 16.7. The van der Waals surface area contributed by atoms with Crippen LogP contribution in [0.25, 0.3) is 0 Å². The van der Waals surface area contributed by atoms with E-state index in [0.717, 1.165) is 11.1 Å². The van der Waals surface area contributed by atoms with Crippen molar-refractivity contribution < 1.29 is 53.8 Å². The molecule has 6 rings (SSSR count). The molecule has 68 heavy (non-hydrogen) atoms. The van der Waals surface area contributed by atoms with Crippen LogP contribution in [-0.4, -0.2) is 134 Å². The van der Waals surface area contributed by atoms with Gasteiger partial charge >= 0.3 is 0 Å².